The smallest absolute Gasteiger partial charge is 0.406 e. The standard InChI is InChI=1S/C14H12F3N3O2.C4H11N/c1-9-6-18-8-12(20-9)13(21)19-7-10-2-4-11(5-3-10)22-14(15,16)17;1-4(2,3)5/h2-6,8H,7H2,1H3,(H,19,21);5H2,1-3H3. The van der Waals surface area contributed by atoms with Gasteiger partial charge >= 0.3 is 6.36 Å². The summed E-state index contributed by atoms with van der Waals surface area (Å²) in [6.45, 7) is 7.76. The van der Waals surface area contributed by atoms with E-state index in [-0.39, 0.29) is 23.5 Å². The molecule has 0 unspecified atom stereocenters. The van der Waals surface area contributed by atoms with Gasteiger partial charge in [-0.2, -0.15) is 0 Å². The maximum absolute atomic E-state index is 12.0. The molecule has 0 radical (unpaired) electrons. The molecule has 1 aromatic heterocycles. The fourth-order valence-corrected chi connectivity index (χ4v) is 1.65. The lowest BCUT2D eigenvalue weighted by Gasteiger charge is -2.09. The Bertz CT molecular complexity index is 736. The molecule has 1 heterocycles. The lowest BCUT2D eigenvalue weighted by atomic mass is 10.1. The highest BCUT2D eigenvalue weighted by molar-refractivity contribution is 5.91. The highest BCUT2D eigenvalue weighted by Crippen LogP contribution is 2.22. The van der Waals surface area contributed by atoms with Crippen LogP contribution in [0.1, 0.15) is 42.5 Å². The molecular weight excluding hydrogens is 361 g/mol. The second kappa shape index (κ2) is 9.31. The number of alkyl halides is 3. The molecule has 0 saturated carbocycles. The number of aryl methyl sites for hydroxylation is 1. The first-order valence-corrected chi connectivity index (χ1v) is 8.04. The van der Waals surface area contributed by atoms with Crippen LogP contribution in [0, 0.1) is 6.92 Å². The molecular formula is C18H23F3N4O2. The van der Waals surface area contributed by atoms with Crippen LogP contribution in [0.3, 0.4) is 0 Å². The van der Waals surface area contributed by atoms with Gasteiger partial charge in [-0.15, -0.1) is 13.2 Å². The molecule has 0 aliphatic carbocycles. The SMILES string of the molecule is CC(C)(C)N.Cc1cncc(C(=O)NCc2ccc(OC(F)(F)F)cc2)n1. The molecule has 0 spiro atoms. The number of nitrogens with one attached hydrogen (secondary N) is 1. The summed E-state index contributed by atoms with van der Waals surface area (Å²) < 4.78 is 39.8. The third-order valence-corrected chi connectivity index (χ3v) is 2.60. The number of nitrogens with two attached hydrogens (primary N) is 1. The van der Waals surface area contributed by atoms with E-state index in [1.54, 1.807) is 6.92 Å². The second-order valence-electron chi connectivity index (χ2n) is 6.79. The molecule has 1 aromatic carbocycles. The molecule has 148 valence electrons. The quantitative estimate of drug-likeness (QED) is 0.844. The maximum Gasteiger partial charge on any atom is 0.573 e. The number of carbonyl (C=O) groups is 1. The van der Waals surface area contributed by atoms with Crippen molar-refractivity contribution in [3.8, 4) is 5.75 Å². The van der Waals surface area contributed by atoms with E-state index in [4.69, 9.17) is 5.73 Å². The van der Waals surface area contributed by atoms with Crippen LogP contribution in [0.4, 0.5) is 13.2 Å². The monoisotopic (exact) mass is 384 g/mol. The highest BCUT2D eigenvalue weighted by Gasteiger charge is 2.30. The van der Waals surface area contributed by atoms with Gasteiger partial charge in [-0.3, -0.25) is 9.78 Å². The average Bonchev–Trinajstić information content (AvgIpc) is 2.51. The van der Waals surface area contributed by atoms with Gasteiger partial charge in [0.15, 0.2) is 0 Å². The van der Waals surface area contributed by atoms with Crippen molar-refractivity contribution < 1.29 is 22.7 Å². The van der Waals surface area contributed by atoms with E-state index in [9.17, 15) is 18.0 Å². The van der Waals surface area contributed by atoms with Gasteiger partial charge in [-0.25, -0.2) is 4.98 Å². The molecule has 2 aromatic rings. The van der Waals surface area contributed by atoms with E-state index in [0.29, 0.717) is 11.3 Å². The predicted molar refractivity (Wildman–Crippen MR) is 95.0 cm³/mol. The minimum Gasteiger partial charge on any atom is -0.406 e. The normalized spacial score (nSPS) is 11.3. The van der Waals surface area contributed by atoms with Gasteiger partial charge < -0.3 is 15.8 Å². The Kier molecular flexibility index (Phi) is 7.71. The molecule has 0 atom stereocenters. The van der Waals surface area contributed by atoms with Gasteiger partial charge in [0.25, 0.3) is 5.91 Å². The summed E-state index contributed by atoms with van der Waals surface area (Å²) in [5, 5.41) is 2.61. The molecule has 0 aliphatic heterocycles. The average molecular weight is 384 g/mol. The van der Waals surface area contributed by atoms with Gasteiger partial charge in [0.05, 0.1) is 11.9 Å². The lowest BCUT2D eigenvalue weighted by molar-refractivity contribution is -0.274. The summed E-state index contributed by atoms with van der Waals surface area (Å²) in [6.07, 6.45) is -1.86. The van der Waals surface area contributed by atoms with Crippen LogP contribution in [-0.2, 0) is 6.54 Å². The second-order valence-corrected chi connectivity index (χ2v) is 6.79. The van der Waals surface area contributed by atoms with Crippen LogP contribution in [0.2, 0.25) is 0 Å². The first-order valence-electron chi connectivity index (χ1n) is 8.04. The van der Waals surface area contributed by atoms with Gasteiger partial charge in [0, 0.05) is 18.3 Å². The summed E-state index contributed by atoms with van der Waals surface area (Å²) in [7, 11) is 0. The third kappa shape index (κ3) is 10.8. The number of benzene rings is 1. The van der Waals surface area contributed by atoms with Gasteiger partial charge in [0.2, 0.25) is 0 Å². The molecule has 2 rings (SSSR count). The van der Waals surface area contributed by atoms with Crippen molar-refractivity contribution in [3.05, 3.63) is 53.6 Å². The molecule has 27 heavy (non-hydrogen) atoms. The summed E-state index contributed by atoms with van der Waals surface area (Å²) in [5.74, 6) is -0.723. The topological polar surface area (TPSA) is 90.1 Å². The zero-order chi connectivity index (χ0) is 20.7. The Labute approximate surface area is 156 Å². The third-order valence-electron chi connectivity index (χ3n) is 2.60. The Morgan fingerprint density at radius 3 is 2.19 bits per heavy atom. The Morgan fingerprint density at radius 1 is 1.15 bits per heavy atom. The Hall–Kier alpha value is -2.68. The number of aromatic nitrogens is 2. The Balaban J connectivity index is 0.000000646. The van der Waals surface area contributed by atoms with Crippen LogP contribution >= 0.6 is 0 Å². The Morgan fingerprint density at radius 2 is 1.70 bits per heavy atom. The van der Waals surface area contributed by atoms with E-state index in [2.05, 4.69) is 20.0 Å². The van der Waals surface area contributed by atoms with Crippen LogP contribution in [0.5, 0.6) is 5.75 Å². The van der Waals surface area contributed by atoms with E-state index in [1.807, 2.05) is 20.8 Å². The molecule has 0 aliphatic rings. The van der Waals surface area contributed by atoms with E-state index < -0.39 is 12.3 Å². The zero-order valence-corrected chi connectivity index (χ0v) is 15.6. The fraction of sp³-hybridized carbons (Fsp3) is 0.389. The minimum absolute atomic E-state index is 0. The number of ether oxygens (including phenoxy) is 1. The lowest BCUT2D eigenvalue weighted by Crippen LogP contribution is -2.26. The molecule has 3 N–H and O–H groups in total. The number of hydrogen-bond donors (Lipinski definition) is 2. The van der Waals surface area contributed by atoms with Crippen molar-refractivity contribution >= 4 is 5.91 Å². The molecule has 0 fully saturated rings. The van der Waals surface area contributed by atoms with Gasteiger partial charge in [0.1, 0.15) is 11.4 Å². The summed E-state index contributed by atoms with van der Waals surface area (Å²) in [6, 6.07) is 5.23. The van der Waals surface area contributed by atoms with Crippen molar-refractivity contribution in [1.29, 1.82) is 0 Å². The maximum atomic E-state index is 12.0. The number of carbonyl (C=O) groups excluding carboxylic acids is 1. The first kappa shape index (κ1) is 22.4. The van der Waals surface area contributed by atoms with Crippen LogP contribution in [0.25, 0.3) is 0 Å². The van der Waals surface area contributed by atoms with E-state index in [1.165, 1.54) is 36.7 Å². The fourth-order valence-electron chi connectivity index (χ4n) is 1.65. The van der Waals surface area contributed by atoms with E-state index >= 15 is 0 Å². The van der Waals surface area contributed by atoms with Crippen molar-refractivity contribution in [3.63, 3.8) is 0 Å². The van der Waals surface area contributed by atoms with Crippen LogP contribution in [0.15, 0.2) is 36.7 Å². The van der Waals surface area contributed by atoms with Crippen LogP contribution in [-0.4, -0.2) is 27.8 Å². The first-order chi connectivity index (χ1) is 12.3. The zero-order valence-electron chi connectivity index (χ0n) is 15.6. The van der Waals surface area contributed by atoms with Crippen molar-refractivity contribution in [2.75, 3.05) is 0 Å². The molecule has 1 amide bonds. The summed E-state index contributed by atoms with van der Waals surface area (Å²) in [4.78, 5) is 19.7. The number of nitrogens with zero attached hydrogens (tertiary/aromatic N) is 2. The van der Waals surface area contributed by atoms with Crippen molar-refractivity contribution in [2.45, 2.75) is 46.1 Å². The van der Waals surface area contributed by atoms with E-state index in [0.717, 1.165) is 0 Å². The summed E-state index contributed by atoms with van der Waals surface area (Å²) >= 11 is 0. The number of amides is 1. The molecule has 0 saturated heterocycles. The largest absolute Gasteiger partial charge is 0.573 e. The molecule has 9 heteroatoms. The molecule has 6 nitrogen and oxygen atoms in total. The predicted octanol–water partition coefficient (Wildman–Crippen LogP) is 3.36. The van der Waals surface area contributed by atoms with Crippen molar-refractivity contribution in [1.82, 2.24) is 15.3 Å². The molecule has 0 bridgehead atoms. The van der Waals surface area contributed by atoms with Crippen LogP contribution < -0.4 is 15.8 Å². The number of hydrogen-bond acceptors (Lipinski definition) is 5. The van der Waals surface area contributed by atoms with Crippen molar-refractivity contribution in [2.24, 2.45) is 5.73 Å². The minimum atomic E-state index is -4.72. The van der Waals surface area contributed by atoms with Gasteiger partial charge in [-0.1, -0.05) is 12.1 Å². The summed E-state index contributed by atoms with van der Waals surface area (Å²) in [5.41, 5.74) is 6.77. The number of rotatable bonds is 4. The number of halogens is 3. The highest BCUT2D eigenvalue weighted by atomic mass is 19.4. The van der Waals surface area contributed by atoms with Gasteiger partial charge in [-0.05, 0) is 45.4 Å².